The maximum Gasteiger partial charge on any atom is 0.228 e. The molecule has 0 aliphatic rings. The van der Waals surface area contributed by atoms with E-state index in [4.69, 9.17) is 4.74 Å². The van der Waals surface area contributed by atoms with Crippen molar-refractivity contribution in [2.75, 3.05) is 6.61 Å². The summed E-state index contributed by atoms with van der Waals surface area (Å²) in [6.45, 7) is 1.33. The Labute approximate surface area is 136 Å². The first-order chi connectivity index (χ1) is 11.0. The van der Waals surface area contributed by atoms with Crippen LogP contribution in [0.1, 0.15) is 25.2 Å². The number of Topliss-reactive ketones (excluding diaryl/α,β-unsaturated/α-hetero) is 1. The van der Waals surface area contributed by atoms with Crippen molar-refractivity contribution in [3.63, 3.8) is 0 Å². The molecule has 0 spiro atoms. The van der Waals surface area contributed by atoms with E-state index in [9.17, 15) is 14.7 Å². The Bertz CT molecular complexity index is 900. The average molecular weight is 326 g/mol. The van der Waals surface area contributed by atoms with Crippen molar-refractivity contribution in [1.82, 2.24) is 4.98 Å². The molecule has 0 aliphatic heterocycles. The van der Waals surface area contributed by atoms with Crippen LogP contribution in [0, 0.1) is 6.92 Å². The zero-order valence-corrected chi connectivity index (χ0v) is 13.1. The summed E-state index contributed by atoms with van der Waals surface area (Å²) in [5, 5.41) is 13.1. The number of aryl methyl sites for hydroxylation is 1. The molecule has 0 unspecified atom stereocenters. The first kappa shape index (κ1) is 15.2. The Morgan fingerprint density at radius 2 is 1.91 bits per heavy atom. The quantitative estimate of drug-likeness (QED) is 0.672. The number of carboxylic acids is 1. The van der Waals surface area contributed by atoms with Gasteiger partial charge in [0.25, 0.3) is 0 Å². The minimum absolute atomic E-state index is 0.0287. The minimum Gasteiger partial charge on any atom is -0.544 e. The zero-order chi connectivity index (χ0) is 16.4. The predicted molar refractivity (Wildman–Crippen MR) is 85.0 cm³/mol. The Morgan fingerprint density at radius 1 is 1.17 bits per heavy atom. The number of thiazole rings is 1. The van der Waals surface area contributed by atoms with E-state index in [1.54, 1.807) is 6.07 Å². The zero-order valence-electron chi connectivity index (χ0n) is 12.2. The molecule has 23 heavy (non-hydrogen) atoms. The van der Waals surface area contributed by atoms with Crippen LogP contribution in [0.15, 0.2) is 42.5 Å². The van der Waals surface area contributed by atoms with Crippen molar-refractivity contribution in [1.29, 1.82) is 0 Å². The minimum atomic E-state index is -1.32. The summed E-state index contributed by atoms with van der Waals surface area (Å²) in [5.74, 6) is -1.11. The van der Waals surface area contributed by atoms with Gasteiger partial charge < -0.3 is 14.6 Å². The largest absolute Gasteiger partial charge is 0.544 e. The standard InChI is InChI=1S/C17H13NO4S/c1-10-15(17(20)21)23-16(18-10)14(19)9-22-13-7-6-11-4-2-3-5-12(11)8-13/h2-8H,9H2,1H3,(H,20,21)/p-1. The van der Waals surface area contributed by atoms with E-state index in [1.807, 2.05) is 36.4 Å². The topological polar surface area (TPSA) is 79.3 Å². The molecule has 3 rings (SSSR count). The highest BCUT2D eigenvalue weighted by Crippen LogP contribution is 2.22. The SMILES string of the molecule is Cc1nc(C(=O)COc2ccc3ccccc3c2)sc1C(=O)[O-]. The van der Waals surface area contributed by atoms with E-state index in [1.165, 1.54) is 6.92 Å². The van der Waals surface area contributed by atoms with Gasteiger partial charge in [-0.2, -0.15) is 0 Å². The molecule has 6 heteroatoms. The highest BCUT2D eigenvalue weighted by molar-refractivity contribution is 7.15. The van der Waals surface area contributed by atoms with E-state index in [-0.39, 0.29) is 28.0 Å². The third-order valence-electron chi connectivity index (χ3n) is 3.31. The van der Waals surface area contributed by atoms with Gasteiger partial charge in [0, 0.05) is 0 Å². The molecule has 0 fully saturated rings. The van der Waals surface area contributed by atoms with Crippen molar-refractivity contribution in [3.8, 4) is 5.75 Å². The number of carboxylic acid groups (broad SMARTS) is 1. The highest BCUT2D eigenvalue weighted by Gasteiger charge is 2.15. The molecule has 0 N–H and O–H groups in total. The summed E-state index contributed by atoms with van der Waals surface area (Å²) >= 11 is 0.811. The van der Waals surface area contributed by atoms with Crippen LogP contribution in [0.2, 0.25) is 0 Å². The number of aromatic nitrogens is 1. The maximum atomic E-state index is 12.1. The lowest BCUT2D eigenvalue weighted by molar-refractivity contribution is -0.254. The molecule has 0 aliphatic carbocycles. The van der Waals surface area contributed by atoms with Crippen molar-refractivity contribution in [3.05, 3.63) is 58.0 Å². The van der Waals surface area contributed by atoms with Crippen LogP contribution in [-0.2, 0) is 0 Å². The number of ketones is 1. The molecule has 5 nitrogen and oxygen atoms in total. The van der Waals surface area contributed by atoms with Gasteiger partial charge >= 0.3 is 0 Å². The second-order valence-corrected chi connectivity index (χ2v) is 5.94. The number of hydrogen-bond donors (Lipinski definition) is 0. The van der Waals surface area contributed by atoms with Gasteiger partial charge in [-0.1, -0.05) is 30.3 Å². The molecule has 0 saturated carbocycles. The molecule has 0 radical (unpaired) electrons. The Hall–Kier alpha value is -2.73. The fraction of sp³-hybridized carbons (Fsp3) is 0.118. The van der Waals surface area contributed by atoms with E-state index < -0.39 is 5.97 Å². The van der Waals surface area contributed by atoms with Crippen molar-refractivity contribution >= 4 is 33.9 Å². The van der Waals surface area contributed by atoms with Crippen LogP contribution in [0.3, 0.4) is 0 Å². The smallest absolute Gasteiger partial charge is 0.228 e. The predicted octanol–water partition coefficient (Wildman–Crippen LogP) is 2.23. The first-order valence-electron chi connectivity index (χ1n) is 6.88. The summed E-state index contributed by atoms with van der Waals surface area (Å²) in [6, 6.07) is 13.4. The van der Waals surface area contributed by atoms with E-state index in [0.717, 1.165) is 22.1 Å². The molecule has 2 aromatic carbocycles. The maximum absolute atomic E-state index is 12.1. The number of aromatic carboxylic acids is 1. The molecule has 116 valence electrons. The number of fused-ring (bicyclic) bond motifs is 1. The number of nitrogens with zero attached hydrogens (tertiary/aromatic N) is 1. The molecule has 0 amide bonds. The lowest BCUT2D eigenvalue weighted by Gasteiger charge is -2.05. The Morgan fingerprint density at radius 3 is 2.61 bits per heavy atom. The van der Waals surface area contributed by atoms with Gasteiger partial charge in [-0.15, -0.1) is 11.3 Å². The van der Waals surface area contributed by atoms with Gasteiger partial charge in [-0.05, 0) is 29.8 Å². The second-order valence-electron chi connectivity index (χ2n) is 4.94. The summed E-state index contributed by atoms with van der Waals surface area (Å²) in [4.78, 5) is 26.9. The Balaban J connectivity index is 1.72. The lowest BCUT2D eigenvalue weighted by atomic mass is 10.1. The number of benzene rings is 2. The van der Waals surface area contributed by atoms with Crippen molar-refractivity contribution in [2.24, 2.45) is 0 Å². The van der Waals surface area contributed by atoms with Crippen LogP contribution in [0.4, 0.5) is 0 Å². The number of ether oxygens (including phenoxy) is 1. The second kappa shape index (κ2) is 6.18. The number of hydrogen-bond acceptors (Lipinski definition) is 6. The molecular weight excluding hydrogens is 314 g/mol. The molecule has 1 heterocycles. The third-order valence-corrected chi connectivity index (χ3v) is 4.49. The number of carbonyl (C=O) groups is 2. The monoisotopic (exact) mass is 326 g/mol. The third kappa shape index (κ3) is 3.22. The van der Waals surface area contributed by atoms with Crippen LogP contribution >= 0.6 is 11.3 Å². The van der Waals surface area contributed by atoms with Crippen LogP contribution < -0.4 is 9.84 Å². The summed E-state index contributed by atoms with van der Waals surface area (Å²) in [6.07, 6.45) is 0. The van der Waals surface area contributed by atoms with E-state index >= 15 is 0 Å². The van der Waals surface area contributed by atoms with Gasteiger partial charge in [-0.25, -0.2) is 4.98 Å². The van der Waals surface area contributed by atoms with Crippen molar-refractivity contribution in [2.45, 2.75) is 6.92 Å². The summed E-state index contributed by atoms with van der Waals surface area (Å²) < 4.78 is 5.49. The molecule has 1 aromatic heterocycles. The fourth-order valence-corrected chi connectivity index (χ4v) is 3.00. The highest BCUT2D eigenvalue weighted by atomic mass is 32.1. The molecular formula is C17H12NO4S-. The van der Waals surface area contributed by atoms with E-state index in [2.05, 4.69) is 4.98 Å². The number of rotatable bonds is 5. The van der Waals surface area contributed by atoms with Crippen LogP contribution in [-0.4, -0.2) is 23.3 Å². The normalized spacial score (nSPS) is 10.7. The van der Waals surface area contributed by atoms with Crippen LogP contribution in [0.25, 0.3) is 10.8 Å². The molecule has 3 aromatic rings. The number of carbonyl (C=O) groups excluding carboxylic acids is 2. The Kier molecular flexibility index (Phi) is 4.08. The summed E-state index contributed by atoms with van der Waals surface area (Å²) in [5.41, 5.74) is 0.282. The van der Waals surface area contributed by atoms with Gasteiger partial charge in [0.1, 0.15) is 5.75 Å². The average Bonchev–Trinajstić information content (AvgIpc) is 2.94. The molecule has 0 saturated heterocycles. The molecule has 0 bridgehead atoms. The lowest BCUT2D eigenvalue weighted by Crippen LogP contribution is -2.21. The summed E-state index contributed by atoms with van der Waals surface area (Å²) in [7, 11) is 0. The van der Waals surface area contributed by atoms with Crippen molar-refractivity contribution < 1.29 is 19.4 Å². The molecule has 0 atom stereocenters. The van der Waals surface area contributed by atoms with Gasteiger partial charge in [0.05, 0.1) is 16.5 Å². The fourth-order valence-electron chi connectivity index (χ4n) is 2.17. The van der Waals surface area contributed by atoms with Crippen LogP contribution in [0.5, 0.6) is 5.75 Å². The first-order valence-corrected chi connectivity index (χ1v) is 7.70. The van der Waals surface area contributed by atoms with Gasteiger partial charge in [-0.3, -0.25) is 4.79 Å². The van der Waals surface area contributed by atoms with E-state index in [0.29, 0.717) is 5.75 Å². The van der Waals surface area contributed by atoms with Gasteiger partial charge in [0.15, 0.2) is 11.6 Å². The van der Waals surface area contributed by atoms with Gasteiger partial charge in [0.2, 0.25) is 5.78 Å².